The SMILES string of the molecule is CCCC#Cc1ccc(S(=O)(=O)N(C)[C@@H]([C]=O)C(=O)NO)cc1. The summed E-state index contributed by atoms with van der Waals surface area (Å²) in [6.45, 7) is 2.00. The second kappa shape index (κ2) is 8.43. The standard InChI is InChI=1S/C15H17N2O5S/c1-3-4-5-6-12-7-9-13(10-8-12)23(21,22)17(2)14(11-18)15(19)16-20/h7-10,14,20H,3-4H2,1-2H3,(H,16,19)/t14-/m0/s1. The molecule has 0 saturated carbocycles. The van der Waals surface area contributed by atoms with Crippen molar-refractivity contribution in [2.75, 3.05) is 7.05 Å². The zero-order valence-corrected chi connectivity index (χ0v) is 13.6. The number of amides is 1. The Hall–Kier alpha value is -2.21. The molecule has 0 aliphatic rings. The Labute approximate surface area is 135 Å². The summed E-state index contributed by atoms with van der Waals surface area (Å²) in [5.74, 6) is 4.65. The van der Waals surface area contributed by atoms with Gasteiger partial charge in [0.05, 0.1) is 4.90 Å². The van der Waals surface area contributed by atoms with E-state index in [2.05, 4.69) is 11.8 Å². The van der Waals surface area contributed by atoms with Crippen LogP contribution >= 0.6 is 0 Å². The van der Waals surface area contributed by atoms with Crippen LogP contribution in [0.25, 0.3) is 0 Å². The summed E-state index contributed by atoms with van der Waals surface area (Å²) in [5.41, 5.74) is 1.89. The van der Waals surface area contributed by atoms with Crippen LogP contribution in [0.3, 0.4) is 0 Å². The zero-order chi connectivity index (χ0) is 17.5. The molecule has 1 aromatic carbocycles. The fourth-order valence-corrected chi connectivity index (χ4v) is 2.89. The predicted octanol–water partition coefficient (Wildman–Crippen LogP) is 0.442. The summed E-state index contributed by atoms with van der Waals surface area (Å²) in [5, 5.41) is 8.55. The summed E-state index contributed by atoms with van der Waals surface area (Å²) in [6, 6.07) is 3.96. The molecule has 0 heterocycles. The van der Waals surface area contributed by atoms with Gasteiger partial charge in [-0.05, 0) is 30.7 Å². The van der Waals surface area contributed by atoms with Gasteiger partial charge in [-0.1, -0.05) is 18.8 Å². The fraction of sp³-hybridized carbons (Fsp3) is 0.333. The molecule has 1 amide bonds. The maximum Gasteiger partial charge on any atom is 0.269 e. The van der Waals surface area contributed by atoms with Gasteiger partial charge in [0.1, 0.15) is 0 Å². The number of unbranched alkanes of at least 4 members (excludes halogenated alkanes) is 1. The van der Waals surface area contributed by atoms with E-state index in [4.69, 9.17) is 5.21 Å². The zero-order valence-electron chi connectivity index (χ0n) is 12.7. The molecule has 1 aromatic rings. The number of carbonyl (C=O) groups excluding carboxylic acids is 2. The van der Waals surface area contributed by atoms with Crippen molar-refractivity contribution in [2.45, 2.75) is 30.7 Å². The molecule has 0 aromatic heterocycles. The molecule has 0 aliphatic heterocycles. The first kappa shape index (κ1) is 18.8. The van der Waals surface area contributed by atoms with Crippen molar-refractivity contribution in [3.63, 3.8) is 0 Å². The van der Waals surface area contributed by atoms with Crippen molar-refractivity contribution in [1.29, 1.82) is 0 Å². The van der Waals surface area contributed by atoms with E-state index in [9.17, 15) is 18.0 Å². The maximum absolute atomic E-state index is 12.4. The molecule has 1 rings (SSSR count). The fourth-order valence-electron chi connectivity index (χ4n) is 1.66. The van der Waals surface area contributed by atoms with Gasteiger partial charge in [-0.3, -0.25) is 14.8 Å². The molecule has 0 spiro atoms. The van der Waals surface area contributed by atoms with Crippen molar-refractivity contribution < 1.29 is 23.2 Å². The molecule has 1 atom stereocenters. The number of likely N-dealkylation sites (N-methyl/N-ethyl adjacent to an activating group) is 1. The van der Waals surface area contributed by atoms with Crippen LogP contribution in [0.4, 0.5) is 0 Å². The molecule has 123 valence electrons. The monoisotopic (exact) mass is 337 g/mol. The third-order valence-electron chi connectivity index (χ3n) is 2.97. The molecule has 0 aliphatic carbocycles. The second-order valence-electron chi connectivity index (χ2n) is 4.59. The molecule has 7 nitrogen and oxygen atoms in total. The van der Waals surface area contributed by atoms with Gasteiger partial charge < -0.3 is 0 Å². The Kier molecular flexibility index (Phi) is 6.90. The van der Waals surface area contributed by atoms with Gasteiger partial charge >= 0.3 is 0 Å². The van der Waals surface area contributed by atoms with E-state index in [0.717, 1.165) is 19.9 Å². The third kappa shape index (κ3) is 4.63. The van der Waals surface area contributed by atoms with Gasteiger partial charge in [0, 0.05) is 19.0 Å². The first-order valence-corrected chi connectivity index (χ1v) is 8.21. The average Bonchev–Trinajstić information content (AvgIpc) is 2.55. The van der Waals surface area contributed by atoms with Gasteiger partial charge in [-0.15, -0.1) is 0 Å². The molecule has 0 saturated heterocycles. The van der Waals surface area contributed by atoms with E-state index in [1.165, 1.54) is 36.0 Å². The molecule has 1 radical (unpaired) electrons. The van der Waals surface area contributed by atoms with Crippen LogP contribution in [0.2, 0.25) is 0 Å². The summed E-state index contributed by atoms with van der Waals surface area (Å²) < 4.78 is 25.3. The lowest BCUT2D eigenvalue weighted by Crippen LogP contribution is -2.47. The normalized spacial score (nSPS) is 12.2. The molecule has 0 fully saturated rings. The quantitative estimate of drug-likeness (QED) is 0.339. The summed E-state index contributed by atoms with van der Waals surface area (Å²) in [6.07, 6.45) is 2.95. The molecule has 8 heteroatoms. The number of benzene rings is 1. The van der Waals surface area contributed by atoms with E-state index in [0.29, 0.717) is 9.87 Å². The number of nitrogens with zero attached hydrogens (tertiary/aromatic N) is 1. The van der Waals surface area contributed by atoms with E-state index >= 15 is 0 Å². The van der Waals surface area contributed by atoms with Crippen molar-refractivity contribution in [2.24, 2.45) is 0 Å². The number of carbonyl (C=O) groups is 1. The number of hydrogen-bond acceptors (Lipinski definition) is 5. The Bertz CT molecular complexity index is 716. The minimum Gasteiger partial charge on any atom is -0.289 e. The Morgan fingerprint density at radius 2 is 1.96 bits per heavy atom. The number of nitrogens with one attached hydrogen (secondary N) is 1. The molecule has 2 N–H and O–H groups in total. The van der Waals surface area contributed by atoms with E-state index in [1.807, 2.05) is 6.92 Å². The van der Waals surface area contributed by atoms with Gasteiger partial charge in [-0.2, -0.15) is 4.31 Å². The van der Waals surface area contributed by atoms with Gasteiger partial charge in [0.2, 0.25) is 16.3 Å². The number of hydrogen-bond donors (Lipinski definition) is 2. The first-order chi connectivity index (χ1) is 10.9. The van der Waals surface area contributed by atoms with Gasteiger partial charge in [0.15, 0.2) is 6.04 Å². The van der Waals surface area contributed by atoms with E-state index < -0.39 is 22.0 Å². The summed E-state index contributed by atoms with van der Waals surface area (Å²) in [4.78, 5) is 22.0. The average molecular weight is 337 g/mol. The van der Waals surface area contributed by atoms with Crippen LogP contribution in [0.5, 0.6) is 0 Å². The van der Waals surface area contributed by atoms with Crippen LogP contribution < -0.4 is 5.48 Å². The maximum atomic E-state index is 12.4. The highest BCUT2D eigenvalue weighted by Gasteiger charge is 2.33. The predicted molar refractivity (Wildman–Crippen MR) is 82.6 cm³/mol. The number of hydroxylamine groups is 1. The Morgan fingerprint density at radius 1 is 1.35 bits per heavy atom. The van der Waals surface area contributed by atoms with Crippen molar-refractivity contribution in [3.8, 4) is 11.8 Å². The third-order valence-corrected chi connectivity index (χ3v) is 4.81. The van der Waals surface area contributed by atoms with Crippen molar-refractivity contribution in [1.82, 2.24) is 9.79 Å². The molecule has 0 unspecified atom stereocenters. The number of rotatable bonds is 6. The Morgan fingerprint density at radius 3 is 2.43 bits per heavy atom. The smallest absolute Gasteiger partial charge is 0.269 e. The van der Waals surface area contributed by atoms with E-state index in [-0.39, 0.29) is 4.90 Å². The summed E-state index contributed by atoms with van der Waals surface area (Å²) in [7, 11) is -3.05. The molecular weight excluding hydrogens is 320 g/mol. The van der Waals surface area contributed by atoms with Gasteiger partial charge in [-0.25, -0.2) is 13.9 Å². The highest BCUT2D eigenvalue weighted by atomic mass is 32.2. The molecule has 23 heavy (non-hydrogen) atoms. The van der Waals surface area contributed by atoms with Crippen LogP contribution in [0.15, 0.2) is 29.2 Å². The summed E-state index contributed by atoms with van der Waals surface area (Å²) >= 11 is 0. The van der Waals surface area contributed by atoms with Crippen LogP contribution in [-0.2, 0) is 19.6 Å². The minimum atomic E-state index is -4.10. The largest absolute Gasteiger partial charge is 0.289 e. The molecule has 0 bridgehead atoms. The van der Waals surface area contributed by atoms with Crippen LogP contribution in [0.1, 0.15) is 25.3 Å². The lowest BCUT2D eigenvalue weighted by molar-refractivity contribution is -0.130. The molecular formula is C15H17N2O5S. The van der Waals surface area contributed by atoms with Crippen molar-refractivity contribution in [3.05, 3.63) is 29.8 Å². The topological polar surface area (TPSA) is 104 Å². The first-order valence-electron chi connectivity index (χ1n) is 6.77. The van der Waals surface area contributed by atoms with Crippen LogP contribution in [0, 0.1) is 11.8 Å². The van der Waals surface area contributed by atoms with Gasteiger partial charge in [0.25, 0.3) is 5.91 Å². The number of sulfonamides is 1. The minimum absolute atomic E-state index is 0.105. The van der Waals surface area contributed by atoms with E-state index in [1.54, 1.807) is 0 Å². The highest BCUT2D eigenvalue weighted by Crippen LogP contribution is 2.17. The van der Waals surface area contributed by atoms with Crippen LogP contribution in [-0.4, -0.2) is 43.2 Å². The Balaban J connectivity index is 3.06. The lowest BCUT2D eigenvalue weighted by atomic mass is 10.2. The van der Waals surface area contributed by atoms with Crippen molar-refractivity contribution >= 4 is 22.2 Å². The lowest BCUT2D eigenvalue weighted by Gasteiger charge is -2.20. The highest BCUT2D eigenvalue weighted by molar-refractivity contribution is 7.89. The second-order valence-corrected chi connectivity index (χ2v) is 6.59.